The highest BCUT2D eigenvalue weighted by Crippen LogP contribution is 2.27. The summed E-state index contributed by atoms with van der Waals surface area (Å²) in [7, 11) is 1.55. The van der Waals surface area contributed by atoms with Gasteiger partial charge in [-0.2, -0.15) is 0 Å². The number of carbonyl (C=O) groups is 2. The summed E-state index contributed by atoms with van der Waals surface area (Å²) in [6.07, 6.45) is 0. The second kappa shape index (κ2) is 9.25. The summed E-state index contributed by atoms with van der Waals surface area (Å²) in [5.74, 6) is 0.0724. The molecule has 0 aliphatic heterocycles. The Labute approximate surface area is 171 Å². The van der Waals surface area contributed by atoms with Gasteiger partial charge in [-0.05, 0) is 59.0 Å². The molecule has 0 aliphatic rings. The highest BCUT2D eigenvalue weighted by Gasteiger charge is 2.11. The summed E-state index contributed by atoms with van der Waals surface area (Å²) in [6, 6.07) is 9.96. The van der Waals surface area contributed by atoms with Crippen molar-refractivity contribution in [3.8, 4) is 11.5 Å². The number of benzene rings is 2. The van der Waals surface area contributed by atoms with Crippen molar-refractivity contribution in [1.29, 1.82) is 0 Å². The fraction of sp³-hybridized carbons (Fsp3) is 0.125. The fourth-order valence-electron chi connectivity index (χ4n) is 1.78. The largest absolute Gasteiger partial charge is 0.496 e. The molecule has 0 radical (unpaired) electrons. The molecule has 0 aromatic heterocycles. The van der Waals surface area contributed by atoms with Gasteiger partial charge in [-0.25, -0.2) is 0 Å². The second-order valence-electron chi connectivity index (χ2n) is 4.72. The van der Waals surface area contributed by atoms with Gasteiger partial charge in [-0.15, -0.1) is 0 Å². The molecule has 0 aliphatic carbocycles. The molecule has 2 amide bonds. The molecular formula is C16H13BrClIN2O4. The van der Waals surface area contributed by atoms with Crippen LogP contribution in [0.25, 0.3) is 0 Å². The van der Waals surface area contributed by atoms with Crippen molar-refractivity contribution in [2.24, 2.45) is 0 Å². The van der Waals surface area contributed by atoms with Gasteiger partial charge in [0.1, 0.15) is 11.5 Å². The van der Waals surface area contributed by atoms with Crippen LogP contribution in [0.5, 0.6) is 11.5 Å². The minimum absolute atomic E-state index is 0.290. The Morgan fingerprint density at radius 1 is 1.16 bits per heavy atom. The second-order valence-corrected chi connectivity index (χ2v) is 7.20. The zero-order valence-corrected chi connectivity index (χ0v) is 17.4. The van der Waals surface area contributed by atoms with E-state index in [1.165, 1.54) is 0 Å². The summed E-state index contributed by atoms with van der Waals surface area (Å²) < 4.78 is 12.0. The molecule has 0 saturated heterocycles. The molecule has 2 aromatic rings. The number of methoxy groups -OCH3 is 1. The minimum atomic E-state index is -0.518. The highest BCUT2D eigenvalue weighted by molar-refractivity contribution is 14.1. The number of nitrogens with one attached hydrogen (secondary N) is 2. The SMILES string of the molecule is COc1ccc(C(=O)NNC(=O)COc2ccc(Br)cc2Cl)cc1I. The molecule has 9 heteroatoms. The lowest BCUT2D eigenvalue weighted by Crippen LogP contribution is -2.43. The van der Waals surface area contributed by atoms with E-state index in [1.807, 2.05) is 0 Å². The van der Waals surface area contributed by atoms with Crippen LogP contribution >= 0.6 is 50.1 Å². The van der Waals surface area contributed by atoms with E-state index in [1.54, 1.807) is 43.5 Å². The first-order valence-electron chi connectivity index (χ1n) is 6.91. The molecule has 2 rings (SSSR count). The third kappa shape index (κ3) is 5.75. The van der Waals surface area contributed by atoms with Gasteiger partial charge in [-0.3, -0.25) is 20.4 Å². The Balaban J connectivity index is 1.85. The molecule has 132 valence electrons. The molecule has 6 nitrogen and oxygen atoms in total. The molecule has 0 unspecified atom stereocenters. The first kappa shape index (κ1) is 19.8. The summed E-state index contributed by atoms with van der Waals surface area (Å²) in [5.41, 5.74) is 4.99. The maximum absolute atomic E-state index is 12.0. The van der Waals surface area contributed by atoms with Crippen LogP contribution in [0.1, 0.15) is 10.4 Å². The van der Waals surface area contributed by atoms with E-state index in [0.29, 0.717) is 22.1 Å². The van der Waals surface area contributed by atoms with E-state index < -0.39 is 11.8 Å². The van der Waals surface area contributed by atoms with Crippen LogP contribution in [-0.2, 0) is 4.79 Å². The van der Waals surface area contributed by atoms with Crippen molar-refractivity contribution in [1.82, 2.24) is 10.9 Å². The lowest BCUT2D eigenvalue weighted by molar-refractivity contribution is -0.123. The van der Waals surface area contributed by atoms with Crippen LogP contribution in [0.3, 0.4) is 0 Å². The van der Waals surface area contributed by atoms with Gasteiger partial charge in [0, 0.05) is 10.0 Å². The average molecular weight is 540 g/mol. The van der Waals surface area contributed by atoms with Crippen LogP contribution in [0.15, 0.2) is 40.9 Å². The van der Waals surface area contributed by atoms with Crippen LogP contribution in [-0.4, -0.2) is 25.5 Å². The number of hydrogen-bond acceptors (Lipinski definition) is 4. The smallest absolute Gasteiger partial charge is 0.276 e. The highest BCUT2D eigenvalue weighted by atomic mass is 127. The summed E-state index contributed by atoms with van der Waals surface area (Å²) in [5, 5.41) is 0.374. The topological polar surface area (TPSA) is 76.7 Å². The quantitative estimate of drug-likeness (QED) is 0.450. The van der Waals surface area contributed by atoms with Crippen LogP contribution in [0.2, 0.25) is 5.02 Å². The summed E-state index contributed by atoms with van der Waals surface area (Å²) >= 11 is 11.3. The monoisotopic (exact) mass is 538 g/mol. The van der Waals surface area contributed by atoms with Crippen molar-refractivity contribution in [2.75, 3.05) is 13.7 Å². The van der Waals surface area contributed by atoms with Crippen molar-refractivity contribution in [2.45, 2.75) is 0 Å². The average Bonchev–Trinajstić information content (AvgIpc) is 2.58. The Morgan fingerprint density at radius 2 is 1.88 bits per heavy atom. The molecule has 2 N–H and O–H groups in total. The lowest BCUT2D eigenvalue weighted by Gasteiger charge is -2.10. The van der Waals surface area contributed by atoms with Crippen LogP contribution in [0, 0.1) is 3.57 Å². The van der Waals surface area contributed by atoms with Gasteiger partial charge in [0.25, 0.3) is 11.8 Å². The number of carbonyl (C=O) groups excluding carboxylic acids is 2. The van der Waals surface area contributed by atoms with Gasteiger partial charge in [-0.1, -0.05) is 27.5 Å². The number of rotatable bonds is 5. The van der Waals surface area contributed by atoms with Crippen molar-refractivity contribution in [3.05, 3.63) is 55.0 Å². The summed E-state index contributed by atoms with van der Waals surface area (Å²) in [6.45, 7) is -0.290. The minimum Gasteiger partial charge on any atom is -0.496 e. The van der Waals surface area contributed by atoms with Crippen molar-refractivity contribution < 1.29 is 19.1 Å². The van der Waals surface area contributed by atoms with Gasteiger partial charge in [0.2, 0.25) is 0 Å². The van der Waals surface area contributed by atoms with Gasteiger partial charge in [0.15, 0.2) is 6.61 Å². The maximum atomic E-state index is 12.0. The first-order chi connectivity index (χ1) is 11.9. The van der Waals surface area contributed by atoms with E-state index in [0.717, 1.165) is 8.04 Å². The standard InChI is InChI=1S/C16H13BrClIN2O4/c1-24-14-4-2-9(6-12(14)19)16(23)21-20-15(22)8-25-13-5-3-10(17)7-11(13)18/h2-7H,8H2,1H3,(H,20,22)(H,21,23). The molecule has 0 heterocycles. The van der Waals surface area contributed by atoms with Crippen molar-refractivity contribution >= 4 is 61.9 Å². The predicted octanol–water partition coefficient (Wildman–Crippen LogP) is 3.56. The van der Waals surface area contributed by atoms with Crippen LogP contribution < -0.4 is 20.3 Å². The molecule has 0 bridgehead atoms. The molecular weight excluding hydrogens is 526 g/mol. The number of hydrogen-bond donors (Lipinski definition) is 2. The van der Waals surface area contributed by atoms with Gasteiger partial charge in [0.05, 0.1) is 15.7 Å². The molecule has 0 fully saturated rings. The zero-order valence-electron chi connectivity index (χ0n) is 12.9. The predicted molar refractivity (Wildman–Crippen MR) is 106 cm³/mol. The number of amides is 2. The Bertz CT molecular complexity index is 804. The van der Waals surface area contributed by atoms with Gasteiger partial charge >= 0.3 is 0 Å². The fourth-order valence-corrected chi connectivity index (χ4v) is 3.24. The molecule has 0 atom stereocenters. The molecule has 25 heavy (non-hydrogen) atoms. The van der Waals surface area contributed by atoms with Crippen molar-refractivity contribution in [3.63, 3.8) is 0 Å². The molecule has 0 saturated carbocycles. The zero-order chi connectivity index (χ0) is 18.4. The maximum Gasteiger partial charge on any atom is 0.276 e. The third-order valence-electron chi connectivity index (χ3n) is 2.98. The van der Waals surface area contributed by atoms with E-state index in [-0.39, 0.29) is 6.61 Å². The Kier molecular flexibility index (Phi) is 7.33. The van der Waals surface area contributed by atoms with E-state index >= 15 is 0 Å². The van der Waals surface area contributed by atoms with E-state index in [9.17, 15) is 9.59 Å². The molecule has 0 spiro atoms. The number of ether oxygens (including phenoxy) is 2. The van der Waals surface area contributed by atoms with Gasteiger partial charge < -0.3 is 9.47 Å². The van der Waals surface area contributed by atoms with E-state index in [4.69, 9.17) is 21.1 Å². The number of halogens is 3. The van der Waals surface area contributed by atoms with Crippen LogP contribution in [0.4, 0.5) is 0 Å². The van der Waals surface area contributed by atoms with E-state index in [2.05, 4.69) is 49.4 Å². The normalized spacial score (nSPS) is 10.1. The summed E-state index contributed by atoms with van der Waals surface area (Å²) in [4.78, 5) is 23.8. The Morgan fingerprint density at radius 3 is 2.52 bits per heavy atom. The number of hydrazine groups is 1. The third-order valence-corrected chi connectivity index (χ3v) is 4.61. The lowest BCUT2D eigenvalue weighted by atomic mass is 10.2. The molecule has 2 aromatic carbocycles. The Hall–Kier alpha value is -1.52. The first-order valence-corrected chi connectivity index (χ1v) is 9.16.